The summed E-state index contributed by atoms with van der Waals surface area (Å²) in [5, 5.41) is 0.302. The summed E-state index contributed by atoms with van der Waals surface area (Å²) in [5.74, 6) is 0.472. The average Bonchev–Trinajstić information content (AvgIpc) is 2.66. The molecule has 20 heavy (non-hydrogen) atoms. The zero-order valence-electron chi connectivity index (χ0n) is 11.6. The van der Waals surface area contributed by atoms with E-state index in [1.807, 2.05) is 0 Å². The number of rotatable bonds is 4. The first-order chi connectivity index (χ1) is 9.53. The third-order valence-corrected chi connectivity index (χ3v) is 5.42. The van der Waals surface area contributed by atoms with Crippen LogP contribution in [0.3, 0.4) is 0 Å². The van der Waals surface area contributed by atoms with Gasteiger partial charge < -0.3 is 4.74 Å². The smallest absolute Gasteiger partial charge is 0.240 e. The van der Waals surface area contributed by atoms with Gasteiger partial charge in [0.25, 0.3) is 0 Å². The van der Waals surface area contributed by atoms with Crippen LogP contribution in [0.4, 0.5) is 0 Å². The third kappa shape index (κ3) is 3.87. The van der Waals surface area contributed by atoms with Crippen molar-refractivity contribution < 1.29 is 13.2 Å². The Hall–Kier alpha value is -0.780. The fourth-order valence-electron chi connectivity index (χ4n) is 2.50. The lowest BCUT2D eigenvalue weighted by Crippen LogP contribution is -2.34. The van der Waals surface area contributed by atoms with E-state index in [2.05, 4.69) is 4.72 Å². The lowest BCUT2D eigenvalue weighted by atomic mass is 10.1. The second kappa shape index (κ2) is 6.78. The number of hydrogen-bond donors (Lipinski definition) is 1. The fourth-order valence-corrected chi connectivity index (χ4v) is 4.15. The van der Waals surface area contributed by atoms with E-state index in [0.29, 0.717) is 10.8 Å². The molecule has 1 aromatic carbocycles. The number of halogens is 1. The molecular weight excluding hydrogens is 298 g/mol. The standard InChI is InChI=1S/C14H20ClNO3S/c1-19-14-9-8-12(10-13(14)15)20(17,18)16-11-6-4-2-3-5-7-11/h8-11,16H,2-7H2,1H3. The van der Waals surface area contributed by atoms with Crippen LogP contribution in [0.25, 0.3) is 0 Å². The van der Waals surface area contributed by atoms with Crippen molar-refractivity contribution >= 4 is 21.6 Å². The molecule has 0 aliphatic heterocycles. The molecule has 0 saturated heterocycles. The van der Waals surface area contributed by atoms with Crippen LogP contribution in [0, 0.1) is 0 Å². The minimum absolute atomic E-state index is 0.0309. The summed E-state index contributed by atoms with van der Waals surface area (Å²) in [5.41, 5.74) is 0. The monoisotopic (exact) mass is 317 g/mol. The van der Waals surface area contributed by atoms with Gasteiger partial charge in [-0.15, -0.1) is 0 Å². The Labute approximate surface area is 125 Å². The molecule has 0 bridgehead atoms. The number of ether oxygens (including phenoxy) is 1. The molecule has 0 spiro atoms. The van der Waals surface area contributed by atoms with Gasteiger partial charge in [0.15, 0.2) is 0 Å². The predicted octanol–water partition coefficient (Wildman–Crippen LogP) is 3.35. The van der Waals surface area contributed by atoms with Crippen LogP contribution < -0.4 is 9.46 Å². The highest BCUT2D eigenvalue weighted by atomic mass is 35.5. The summed E-state index contributed by atoms with van der Waals surface area (Å²) >= 11 is 5.99. The van der Waals surface area contributed by atoms with Crippen molar-refractivity contribution in [3.63, 3.8) is 0 Å². The zero-order chi connectivity index (χ0) is 14.6. The summed E-state index contributed by atoms with van der Waals surface area (Å²) in [4.78, 5) is 0.188. The van der Waals surface area contributed by atoms with Crippen molar-refractivity contribution in [2.75, 3.05) is 7.11 Å². The van der Waals surface area contributed by atoms with E-state index in [-0.39, 0.29) is 10.9 Å². The molecule has 1 N–H and O–H groups in total. The Morgan fingerprint density at radius 1 is 1.20 bits per heavy atom. The highest BCUT2D eigenvalue weighted by molar-refractivity contribution is 7.89. The summed E-state index contributed by atoms with van der Waals surface area (Å²) in [6.07, 6.45) is 6.35. The second-order valence-corrected chi connectivity index (χ2v) is 7.23. The largest absolute Gasteiger partial charge is 0.495 e. The van der Waals surface area contributed by atoms with Gasteiger partial charge >= 0.3 is 0 Å². The van der Waals surface area contributed by atoms with Crippen LogP contribution in [0.15, 0.2) is 23.1 Å². The Morgan fingerprint density at radius 2 is 1.85 bits per heavy atom. The van der Waals surface area contributed by atoms with Crippen molar-refractivity contribution in [1.29, 1.82) is 0 Å². The van der Waals surface area contributed by atoms with Crippen LogP contribution in [-0.2, 0) is 10.0 Å². The third-order valence-electron chi connectivity index (χ3n) is 3.61. The molecule has 0 radical (unpaired) electrons. The summed E-state index contributed by atoms with van der Waals surface area (Å²) in [6.45, 7) is 0. The van der Waals surface area contributed by atoms with Gasteiger partial charge in [-0.25, -0.2) is 13.1 Å². The molecular formula is C14H20ClNO3S. The Kier molecular flexibility index (Phi) is 5.29. The molecule has 0 unspecified atom stereocenters. The topological polar surface area (TPSA) is 55.4 Å². The minimum atomic E-state index is -3.51. The zero-order valence-corrected chi connectivity index (χ0v) is 13.1. The van der Waals surface area contributed by atoms with Crippen molar-refractivity contribution in [3.8, 4) is 5.75 Å². The molecule has 1 fully saturated rings. The first kappa shape index (κ1) is 15.6. The van der Waals surface area contributed by atoms with E-state index >= 15 is 0 Å². The SMILES string of the molecule is COc1ccc(S(=O)(=O)NC2CCCCCC2)cc1Cl. The lowest BCUT2D eigenvalue weighted by Gasteiger charge is -2.16. The average molecular weight is 318 g/mol. The van der Waals surface area contributed by atoms with E-state index in [0.717, 1.165) is 25.7 Å². The predicted molar refractivity (Wildman–Crippen MR) is 79.8 cm³/mol. The molecule has 1 aromatic rings. The Balaban J connectivity index is 2.15. The maximum absolute atomic E-state index is 12.4. The second-order valence-electron chi connectivity index (χ2n) is 5.11. The van der Waals surface area contributed by atoms with Gasteiger partial charge in [0.2, 0.25) is 10.0 Å². The van der Waals surface area contributed by atoms with Crippen LogP contribution in [0.2, 0.25) is 5.02 Å². The maximum atomic E-state index is 12.4. The van der Waals surface area contributed by atoms with Crippen molar-refractivity contribution in [2.45, 2.75) is 49.5 Å². The molecule has 0 heterocycles. The molecule has 1 aliphatic carbocycles. The highest BCUT2D eigenvalue weighted by Crippen LogP contribution is 2.27. The normalized spacial score (nSPS) is 17.7. The molecule has 2 rings (SSSR count). The van der Waals surface area contributed by atoms with E-state index in [9.17, 15) is 8.42 Å². The molecule has 0 aromatic heterocycles. The molecule has 1 aliphatic rings. The fraction of sp³-hybridized carbons (Fsp3) is 0.571. The van der Waals surface area contributed by atoms with Gasteiger partial charge in [-0.2, -0.15) is 0 Å². The number of nitrogens with one attached hydrogen (secondary N) is 1. The molecule has 0 amide bonds. The summed E-state index contributed by atoms with van der Waals surface area (Å²) < 4.78 is 32.5. The van der Waals surface area contributed by atoms with E-state index in [4.69, 9.17) is 16.3 Å². The molecule has 112 valence electrons. The maximum Gasteiger partial charge on any atom is 0.240 e. The van der Waals surface area contributed by atoms with Crippen molar-refractivity contribution in [2.24, 2.45) is 0 Å². The molecule has 6 heteroatoms. The van der Waals surface area contributed by atoms with Gasteiger partial charge in [-0.05, 0) is 31.0 Å². The number of methoxy groups -OCH3 is 1. The van der Waals surface area contributed by atoms with Gasteiger partial charge in [-0.1, -0.05) is 37.3 Å². The van der Waals surface area contributed by atoms with E-state index in [1.54, 1.807) is 6.07 Å². The van der Waals surface area contributed by atoms with E-state index < -0.39 is 10.0 Å². The van der Waals surface area contributed by atoms with Gasteiger partial charge in [0.05, 0.1) is 17.0 Å². The van der Waals surface area contributed by atoms with Crippen LogP contribution in [-0.4, -0.2) is 21.6 Å². The van der Waals surface area contributed by atoms with Crippen LogP contribution in [0.1, 0.15) is 38.5 Å². The van der Waals surface area contributed by atoms with Gasteiger partial charge in [0, 0.05) is 6.04 Å². The molecule has 0 atom stereocenters. The number of benzene rings is 1. The number of hydrogen-bond acceptors (Lipinski definition) is 3. The molecule has 4 nitrogen and oxygen atoms in total. The quantitative estimate of drug-likeness (QED) is 0.866. The van der Waals surface area contributed by atoms with Crippen LogP contribution >= 0.6 is 11.6 Å². The summed E-state index contributed by atoms with van der Waals surface area (Å²) in [6, 6.07) is 4.55. The summed E-state index contributed by atoms with van der Waals surface area (Å²) in [7, 11) is -2.01. The van der Waals surface area contributed by atoms with Gasteiger partial charge in [-0.3, -0.25) is 0 Å². The lowest BCUT2D eigenvalue weighted by molar-refractivity contribution is 0.414. The van der Waals surface area contributed by atoms with Crippen molar-refractivity contribution in [3.05, 3.63) is 23.2 Å². The minimum Gasteiger partial charge on any atom is -0.495 e. The molecule has 1 saturated carbocycles. The Morgan fingerprint density at radius 3 is 2.40 bits per heavy atom. The van der Waals surface area contributed by atoms with Gasteiger partial charge in [0.1, 0.15) is 5.75 Å². The first-order valence-corrected chi connectivity index (χ1v) is 8.75. The van der Waals surface area contributed by atoms with E-state index in [1.165, 1.54) is 32.1 Å². The van der Waals surface area contributed by atoms with Crippen LogP contribution in [0.5, 0.6) is 5.75 Å². The number of sulfonamides is 1. The Bertz CT molecular complexity index is 552. The first-order valence-electron chi connectivity index (χ1n) is 6.89. The highest BCUT2D eigenvalue weighted by Gasteiger charge is 2.21. The van der Waals surface area contributed by atoms with Crippen molar-refractivity contribution in [1.82, 2.24) is 4.72 Å².